The van der Waals surface area contributed by atoms with Crippen LogP contribution in [0.1, 0.15) is 0 Å². The molecule has 0 saturated heterocycles. The van der Waals surface area contributed by atoms with Crippen molar-refractivity contribution in [2.45, 2.75) is 0 Å². The monoisotopic (exact) mass is 175 g/mol. The Hall–Kier alpha value is -1.84. The third kappa shape index (κ3) is 1.66. The van der Waals surface area contributed by atoms with Gasteiger partial charge in [-0.3, -0.25) is 15.0 Å². The van der Waals surface area contributed by atoms with Crippen LogP contribution in [0.5, 0.6) is 0 Å². The van der Waals surface area contributed by atoms with Crippen molar-refractivity contribution in [2.75, 3.05) is 0 Å². The molecule has 0 aliphatic heterocycles. The van der Waals surface area contributed by atoms with Gasteiger partial charge in [-0.1, -0.05) is 0 Å². The first-order chi connectivity index (χ1) is 6.36. The average molecular weight is 175 g/mol. The molecule has 4 heteroatoms. The number of hydrogen-bond acceptors (Lipinski definition) is 3. The van der Waals surface area contributed by atoms with Gasteiger partial charge in [0.2, 0.25) is 0 Å². The Morgan fingerprint density at radius 3 is 2.46 bits per heavy atom. The Bertz CT molecular complexity index is 385. The highest BCUT2D eigenvalue weighted by atomic mass is 19.1. The third-order valence-electron chi connectivity index (χ3n) is 1.55. The Labute approximate surface area is 74.3 Å². The van der Waals surface area contributed by atoms with Crippen molar-refractivity contribution in [3.8, 4) is 11.4 Å². The molecule has 0 aliphatic rings. The molecule has 0 radical (unpaired) electrons. The zero-order chi connectivity index (χ0) is 9.10. The Morgan fingerprint density at radius 1 is 0.923 bits per heavy atom. The molecule has 0 aromatic carbocycles. The lowest BCUT2D eigenvalue weighted by Gasteiger charge is -1.96. The van der Waals surface area contributed by atoms with Crippen LogP contribution in [0.15, 0.2) is 36.9 Å². The summed E-state index contributed by atoms with van der Waals surface area (Å²) >= 11 is 0. The van der Waals surface area contributed by atoms with Gasteiger partial charge >= 0.3 is 0 Å². The van der Waals surface area contributed by atoms with Crippen LogP contribution in [0.25, 0.3) is 11.4 Å². The first-order valence-corrected chi connectivity index (χ1v) is 3.74. The summed E-state index contributed by atoms with van der Waals surface area (Å²) < 4.78 is 12.5. The molecule has 2 rings (SSSR count). The molecule has 0 aliphatic carbocycles. The topological polar surface area (TPSA) is 38.7 Å². The second-order valence-corrected chi connectivity index (χ2v) is 2.45. The minimum Gasteiger partial charge on any atom is -0.261 e. The SMILES string of the molecule is Fc1ccc(-c2cnccn2)nc1. The molecule has 0 spiro atoms. The van der Waals surface area contributed by atoms with Gasteiger partial charge in [0.05, 0.1) is 18.1 Å². The molecule has 2 heterocycles. The van der Waals surface area contributed by atoms with Crippen molar-refractivity contribution >= 4 is 0 Å². The molecule has 0 amide bonds. The van der Waals surface area contributed by atoms with Gasteiger partial charge in [-0.25, -0.2) is 4.39 Å². The molecular formula is C9H6FN3. The summed E-state index contributed by atoms with van der Waals surface area (Å²) in [4.78, 5) is 11.8. The maximum absolute atomic E-state index is 12.5. The van der Waals surface area contributed by atoms with Gasteiger partial charge in [-0.2, -0.15) is 0 Å². The lowest BCUT2D eigenvalue weighted by molar-refractivity contribution is 0.622. The second kappa shape index (κ2) is 3.26. The van der Waals surface area contributed by atoms with E-state index in [1.807, 2.05) is 0 Å². The van der Waals surface area contributed by atoms with E-state index in [1.165, 1.54) is 6.07 Å². The van der Waals surface area contributed by atoms with Gasteiger partial charge in [0.15, 0.2) is 0 Å². The summed E-state index contributed by atoms with van der Waals surface area (Å²) in [5.41, 5.74) is 1.26. The highest BCUT2D eigenvalue weighted by Gasteiger charge is 1.99. The highest BCUT2D eigenvalue weighted by molar-refractivity contribution is 5.51. The molecule has 0 unspecified atom stereocenters. The average Bonchev–Trinajstić information content (AvgIpc) is 2.20. The minimum absolute atomic E-state index is 0.354. The summed E-state index contributed by atoms with van der Waals surface area (Å²) in [5, 5.41) is 0. The molecule has 0 N–H and O–H groups in total. The fraction of sp³-hybridized carbons (Fsp3) is 0. The number of nitrogens with zero attached hydrogens (tertiary/aromatic N) is 3. The maximum atomic E-state index is 12.5. The molecular weight excluding hydrogens is 169 g/mol. The van der Waals surface area contributed by atoms with Gasteiger partial charge < -0.3 is 0 Å². The van der Waals surface area contributed by atoms with Gasteiger partial charge in [0.25, 0.3) is 0 Å². The molecule has 3 nitrogen and oxygen atoms in total. The fourth-order valence-electron chi connectivity index (χ4n) is 0.959. The maximum Gasteiger partial charge on any atom is 0.141 e. The zero-order valence-electron chi connectivity index (χ0n) is 6.68. The van der Waals surface area contributed by atoms with E-state index in [4.69, 9.17) is 0 Å². The molecule has 0 fully saturated rings. The minimum atomic E-state index is -0.354. The van der Waals surface area contributed by atoms with Gasteiger partial charge in [-0.05, 0) is 12.1 Å². The standard InChI is InChI=1S/C9H6FN3/c10-7-1-2-8(13-5-7)9-6-11-3-4-12-9/h1-6H. The summed E-state index contributed by atoms with van der Waals surface area (Å²) in [7, 11) is 0. The lowest BCUT2D eigenvalue weighted by atomic mass is 10.3. The first-order valence-electron chi connectivity index (χ1n) is 3.74. The molecule has 2 aromatic rings. The predicted octanol–water partition coefficient (Wildman–Crippen LogP) is 1.68. The Balaban J connectivity index is 2.42. The van der Waals surface area contributed by atoms with E-state index >= 15 is 0 Å². The van der Waals surface area contributed by atoms with Gasteiger partial charge in [0.1, 0.15) is 11.5 Å². The van der Waals surface area contributed by atoms with E-state index in [1.54, 1.807) is 24.7 Å². The Kier molecular flexibility index (Phi) is 1.96. The quantitative estimate of drug-likeness (QED) is 0.661. The normalized spacial score (nSPS) is 9.92. The molecule has 0 atom stereocenters. The molecule has 2 aromatic heterocycles. The second-order valence-electron chi connectivity index (χ2n) is 2.45. The van der Waals surface area contributed by atoms with Crippen LogP contribution in [-0.4, -0.2) is 15.0 Å². The van der Waals surface area contributed by atoms with Crippen LogP contribution in [0.4, 0.5) is 4.39 Å². The summed E-state index contributed by atoms with van der Waals surface area (Å²) in [6.07, 6.45) is 5.89. The number of halogens is 1. The zero-order valence-corrected chi connectivity index (χ0v) is 6.68. The predicted molar refractivity (Wildman–Crippen MR) is 45.2 cm³/mol. The van der Waals surface area contributed by atoms with E-state index in [0.29, 0.717) is 11.4 Å². The number of pyridine rings is 1. The van der Waals surface area contributed by atoms with Crippen LogP contribution >= 0.6 is 0 Å². The fourth-order valence-corrected chi connectivity index (χ4v) is 0.959. The van der Waals surface area contributed by atoms with E-state index in [-0.39, 0.29) is 5.82 Å². The van der Waals surface area contributed by atoms with Crippen molar-refractivity contribution in [1.82, 2.24) is 15.0 Å². The summed E-state index contributed by atoms with van der Waals surface area (Å²) in [6.45, 7) is 0. The van der Waals surface area contributed by atoms with Crippen LogP contribution in [0.2, 0.25) is 0 Å². The first kappa shape index (κ1) is 7.79. The summed E-state index contributed by atoms with van der Waals surface area (Å²) in [6, 6.07) is 2.91. The van der Waals surface area contributed by atoms with Crippen LogP contribution in [0.3, 0.4) is 0 Å². The van der Waals surface area contributed by atoms with Crippen molar-refractivity contribution in [2.24, 2.45) is 0 Å². The van der Waals surface area contributed by atoms with Crippen molar-refractivity contribution in [3.05, 3.63) is 42.7 Å². The molecule has 0 bridgehead atoms. The van der Waals surface area contributed by atoms with Crippen molar-refractivity contribution < 1.29 is 4.39 Å². The molecule has 0 saturated carbocycles. The van der Waals surface area contributed by atoms with Gasteiger partial charge in [0, 0.05) is 12.4 Å². The van der Waals surface area contributed by atoms with Crippen LogP contribution < -0.4 is 0 Å². The lowest BCUT2D eigenvalue weighted by Crippen LogP contribution is -1.87. The van der Waals surface area contributed by atoms with E-state index in [0.717, 1.165) is 6.20 Å². The van der Waals surface area contributed by atoms with Crippen molar-refractivity contribution in [1.29, 1.82) is 0 Å². The van der Waals surface area contributed by atoms with E-state index in [9.17, 15) is 4.39 Å². The Morgan fingerprint density at radius 2 is 1.85 bits per heavy atom. The van der Waals surface area contributed by atoms with Crippen LogP contribution in [0, 0.1) is 5.82 Å². The van der Waals surface area contributed by atoms with E-state index < -0.39 is 0 Å². The number of aromatic nitrogens is 3. The van der Waals surface area contributed by atoms with E-state index in [2.05, 4.69) is 15.0 Å². The molecule has 13 heavy (non-hydrogen) atoms. The summed E-state index contributed by atoms with van der Waals surface area (Å²) in [5.74, 6) is -0.354. The van der Waals surface area contributed by atoms with Crippen LogP contribution in [-0.2, 0) is 0 Å². The number of hydrogen-bond donors (Lipinski definition) is 0. The smallest absolute Gasteiger partial charge is 0.141 e. The highest BCUT2D eigenvalue weighted by Crippen LogP contribution is 2.11. The van der Waals surface area contributed by atoms with Gasteiger partial charge in [-0.15, -0.1) is 0 Å². The number of rotatable bonds is 1. The molecule has 64 valence electrons. The largest absolute Gasteiger partial charge is 0.261 e. The van der Waals surface area contributed by atoms with Crippen molar-refractivity contribution in [3.63, 3.8) is 0 Å². The third-order valence-corrected chi connectivity index (χ3v) is 1.55.